The number of nitrogens with two attached hydrogens (primary N) is 1. The van der Waals surface area contributed by atoms with Crippen molar-refractivity contribution in [3.8, 4) is 11.4 Å². The molecule has 4 nitrogen and oxygen atoms in total. The van der Waals surface area contributed by atoms with Gasteiger partial charge in [0.15, 0.2) is 0 Å². The summed E-state index contributed by atoms with van der Waals surface area (Å²) in [5, 5.41) is 3.50. The number of aromatic nitrogens is 2. The summed E-state index contributed by atoms with van der Waals surface area (Å²) in [6.07, 6.45) is 4.55. The molecule has 158 valence electrons. The Balaban J connectivity index is 1.67. The molecule has 4 aromatic rings. The highest BCUT2D eigenvalue weighted by Crippen LogP contribution is 2.31. The third-order valence-electron chi connectivity index (χ3n) is 6.59. The Labute approximate surface area is 186 Å². The topological polar surface area (TPSA) is 60.9 Å². The van der Waals surface area contributed by atoms with Crippen LogP contribution in [-0.2, 0) is 6.54 Å². The van der Waals surface area contributed by atoms with Gasteiger partial charge in [-0.25, -0.2) is 4.98 Å². The average molecular weight is 432 g/mol. The molecule has 1 saturated carbocycles. The highest BCUT2D eigenvalue weighted by atomic mass is 35.5. The summed E-state index contributed by atoms with van der Waals surface area (Å²) in [5.41, 5.74) is 7.54. The van der Waals surface area contributed by atoms with E-state index in [1.54, 1.807) is 18.2 Å². The maximum atomic E-state index is 13.6. The number of benzene rings is 3. The minimum absolute atomic E-state index is 0.000280. The summed E-state index contributed by atoms with van der Waals surface area (Å²) >= 11 is 6.21. The minimum Gasteiger partial charge on any atom is -0.330 e. The average Bonchev–Trinajstić information content (AvgIpc) is 2.80. The number of fused-ring (bicyclic) bond motifs is 2. The fourth-order valence-corrected chi connectivity index (χ4v) is 5.12. The molecule has 1 aliphatic rings. The van der Waals surface area contributed by atoms with Crippen molar-refractivity contribution >= 4 is 33.3 Å². The van der Waals surface area contributed by atoms with Gasteiger partial charge in [-0.3, -0.25) is 9.36 Å². The van der Waals surface area contributed by atoms with Crippen LogP contribution in [0.3, 0.4) is 0 Å². The highest BCUT2D eigenvalue weighted by molar-refractivity contribution is 6.31. The van der Waals surface area contributed by atoms with Crippen molar-refractivity contribution in [1.29, 1.82) is 0 Å². The van der Waals surface area contributed by atoms with Crippen molar-refractivity contribution < 1.29 is 0 Å². The van der Waals surface area contributed by atoms with E-state index in [1.165, 1.54) is 18.2 Å². The number of nitrogens with zero attached hydrogens (tertiary/aromatic N) is 2. The van der Waals surface area contributed by atoms with Gasteiger partial charge in [-0.15, -0.1) is 0 Å². The second kappa shape index (κ2) is 8.45. The van der Waals surface area contributed by atoms with E-state index in [4.69, 9.17) is 22.3 Å². The third kappa shape index (κ3) is 3.98. The zero-order valence-corrected chi connectivity index (χ0v) is 18.2. The molecule has 0 radical (unpaired) electrons. The predicted octanol–water partition coefficient (Wildman–Crippen LogP) is 5.64. The third-order valence-corrected chi connectivity index (χ3v) is 6.83. The molecule has 2 unspecified atom stereocenters. The Morgan fingerprint density at radius 1 is 1.00 bits per heavy atom. The van der Waals surface area contributed by atoms with Crippen LogP contribution in [-0.4, -0.2) is 16.1 Å². The zero-order chi connectivity index (χ0) is 21.4. The molecule has 5 heteroatoms. The van der Waals surface area contributed by atoms with Crippen molar-refractivity contribution in [2.75, 3.05) is 6.54 Å². The van der Waals surface area contributed by atoms with E-state index in [0.717, 1.165) is 30.3 Å². The summed E-state index contributed by atoms with van der Waals surface area (Å²) < 4.78 is 1.88. The molecular weight excluding hydrogens is 406 g/mol. The maximum absolute atomic E-state index is 13.6. The van der Waals surface area contributed by atoms with Crippen LogP contribution < -0.4 is 11.3 Å². The molecule has 1 aliphatic carbocycles. The second-order valence-corrected chi connectivity index (χ2v) is 9.15. The molecule has 1 heterocycles. The van der Waals surface area contributed by atoms with Gasteiger partial charge in [0.1, 0.15) is 5.82 Å². The van der Waals surface area contributed by atoms with E-state index in [2.05, 4.69) is 30.3 Å². The van der Waals surface area contributed by atoms with E-state index in [1.807, 2.05) is 16.7 Å². The molecule has 5 rings (SSSR count). The molecule has 31 heavy (non-hydrogen) atoms. The van der Waals surface area contributed by atoms with Crippen LogP contribution in [0.5, 0.6) is 0 Å². The summed E-state index contributed by atoms with van der Waals surface area (Å²) in [6.45, 7) is 1.39. The number of halogens is 1. The van der Waals surface area contributed by atoms with Crippen LogP contribution in [0.1, 0.15) is 25.7 Å². The standard InChI is InChI=1S/C26H26ClN3O/c27-22-10-11-23-24(14-22)29-25(21-9-8-19-6-1-2-7-20(19)13-21)30(26(23)31)16-18-5-3-4-17(12-18)15-28/h1-2,6-11,13-14,17-18H,3-5,12,15-16,28H2. The van der Waals surface area contributed by atoms with Crippen LogP contribution >= 0.6 is 11.6 Å². The van der Waals surface area contributed by atoms with Crippen molar-refractivity contribution in [3.63, 3.8) is 0 Å². The van der Waals surface area contributed by atoms with Gasteiger partial charge in [-0.05, 0) is 72.7 Å². The van der Waals surface area contributed by atoms with Crippen LogP contribution in [0.25, 0.3) is 33.1 Å². The predicted molar refractivity (Wildman–Crippen MR) is 128 cm³/mol. The second-order valence-electron chi connectivity index (χ2n) is 8.71. The van der Waals surface area contributed by atoms with Gasteiger partial charge in [0.2, 0.25) is 0 Å². The molecule has 1 fully saturated rings. The van der Waals surface area contributed by atoms with Crippen LogP contribution in [0, 0.1) is 11.8 Å². The lowest BCUT2D eigenvalue weighted by Crippen LogP contribution is -2.30. The van der Waals surface area contributed by atoms with Crippen LogP contribution in [0.4, 0.5) is 0 Å². The highest BCUT2D eigenvalue weighted by Gasteiger charge is 2.24. The van der Waals surface area contributed by atoms with Gasteiger partial charge >= 0.3 is 0 Å². The molecule has 0 saturated heterocycles. The van der Waals surface area contributed by atoms with Crippen molar-refractivity contribution in [2.24, 2.45) is 17.6 Å². The van der Waals surface area contributed by atoms with Gasteiger partial charge in [0, 0.05) is 17.1 Å². The minimum atomic E-state index is -0.000280. The monoisotopic (exact) mass is 431 g/mol. The Hall–Kier alpha value is -2.69. The molecule has 3 aromatic carbocycles. The van der Waals surface area contributed by atoms with Gasteiger partial charge in [0.25, 0.3) is 5.56 Å². The smallest absolute Gasteiger partial charge is 0.261 e. The van der Waals surface area contributed by atoms with E-state index >= 15 is 0 Å². The molecule has 1 aromatic heterocycles. The quantitative estimate of drug-likeness (QED) is 0.455. The fourth-order valence-electron chi connectivity index (χ4n) is 4.95. The van der Waals surface area contributed by atoms with E-state index in [-0.39, 0.29) is 5.56 Å². The molecule has 2 N–H and O–H groups in total. The van der Waals surface area contributed by atoms with Gasteiger partial charge in [-0.2, -0.15) is 0 Å². The van der Waals surface area contributed by atoms with E-state index in [0.29, 0.717) is 40.1 Å². The summed E-state index contributed by atoms with van der Waals surface area (Å²) in [5.74, 6) is 1.69. The largest absolute Gasteiger partial charge is 0.330 e. The molecule has 0 spiro atoms. The first-order chi connectivity index (χ1) is 15.1. The summed E-state index contributed by atoms with van der Waals surface area (Å²) in [7, 11) is 0. The van der Waals surface area contributed by atoms with Crippen molar-refractivity contribution in [1.82, 2.24) is 9.55 Å². The summed E-state index contributed by atoms with van der Waals surface area (Å²) in [4.78, 5) is 18.5. The van der Waals surface area contributed by atoms with Crippen molar-refractivity contribution in [2.45, 2.75) is 32.2 Å². The van der Waals surface area contributed by atoms with E-state index < -0.39 is 0 Å². The van der Waals surface area contributed by atoms with Crippen LogP contribution in [0.15, 0.2) is 65.5 Å². The zero-order valence-electron chi connectivity index (χ0n) is 17.4. The van der Waals surface area contributed by atoms with Crippen LogP contribution in [0.2, 0.25) is 5.02 Å². The maximum Gasteiger partial charge on any atom is 0.261 e. The first kappa shape index (κ1) is 20.2. The lowest BCUT2D eigenvalue weighted by atomic mass is 9.81. The normalized spacial score (nSPS) is 19.2. The van der Waals surface area contributed by atoms with E-state index in [9.17, 15) is 4.79 Å². The SMILES string of the molecule is NCC1CCCC(Cn2c(-c3ccc4ccccc4c3)nc3cc(Cl)ccc3c2=O)C1. The number of hydrogen-bond donors (Lipinski definition) is 1. The molecule has 2 atom stereocenters. The first-order valence-electron chi connectivity index (χ1n) is 11.0. The summed E-state index contributed by atoms with van der Waals surface area (Å²) in [6, 6.07) is 19.8. The number of rotatable bonds is 4. The van der Waals surface area contributed by atoms with Gasteiger partial charge in [-0.1, -0.05) is 54.4 Å². The Morgan fingerprint density at radius 3 is 2.65 bits per heavy atom. The van der Waals surface area contributed by atoms with Crippen molar-refractivity contribution in [3.05, 3.63) is 76.0 Å². The van der Waals surface area contributed by atoms with Gasteiger partial charge < -0.3 is 5.73 Å². The Kier molecular flexibility index (Phi) is 5.51. The number of hydrogen-bond acceptors (Lipinski definition) is 3. The molecule has 0 bridgehead atoms. The Morgan fingerprint density at radius 2 is 1.81 bits per heavy atom. The first-order valence-corrected chi connectivity index (χ1v) is 11.4. The molecule has 0 aliphatic heterocycles. The lowest BCUT2D eigenvalue weighted by molar-refractivity contribution is 0.246. The molecular formula is C26H26ClN3O. The van der Waals surface area contributed by atoms with Gasteiger partial charge in [0.05, 0.1) is 10.9 Å². The lowest BCUT2D eigenvalue weighted by Gasteiger charge is -2.29. The molecule has 0 amide bonds. The Bertz CT molecular complexity index is 1310. The fraction of sp³-hybridized carbons (Fsp3) is 0.308.